The lowest BCUT2D eigenvalue weighted by Crippen LogP contribution is -2.36. The fourth-order valence-corrected chi connectivity index (χ4v) is 1.87. The van der Waals surface area contributed by atoms with Gasteiger partial charge in [0, 0.05) is 18.3 Å². The highest BCUT2D eigenvalue weighted by Gasteiger charge is 2.38. The monoisotopic (exact) mass is 244 g/mol. The van der Waals surface area contributed by atoms with Crippen molar-refractivity contribution in [2.24, 2.45) is 5.73 Å². The first kappa shape index (κ1) is 12.2. The van der Waals surface area contributed by atoms with Gasteiger partial charge in [0.05, 0.1) is 0 Å². The molecule has 1 aromatic rings. The molecule has 2 rings (SSSR count). The molecule has 1 aliphatic rings. The fourth-order valence-electron chi connectivity index (χ4n) is 1.87. The molecule has 17 heavy (non-hydrogen) atoms. The first-order chi connectivity index (χ1) is 7.99. The summed E-state index contributed by atoms with van der Waals surface area (Å²) in [4.78, 5) is 1.43. The molecule has 1 aromatic carbocycles. The molecule has 0 aliphatic heterocycles. The smallest absolute Gasteiger partial charge is 0.360 e. The molecule has 1 fully saturated rings. The van der Waals surface area contributed by atoms with E-state index in [2.05, 4.69) is 0 Å². The van der Waals surface area contributed by atoms with Crippen molar-refractivity contribution in [3.05, 3.63) is 29.8 Å². The Hall–Kier alpha value is -1.23. The van der Waals surface area contributed by atoms with E-state index in [9.17, 15) is 13.2 Å². The van der Waals surface area contributed by atoms with E-state index in [1.807, 2.05) is 6.07 Å². The maximum atomic E-state index is 12.5. The molecule has 94 valence electrons. The van der Waals surface area contributed by atoms with Crippen molar-refractivity contribution in [1.82, 2.24) is 0 Å². The summed E-state index contributed by atoms with van der Waals surface area (Å²) in [6.45, 7) is -0.538. The highest BCUT2D eigenvalue weighted by molar-refractivity contribution is 5.50. The van der Waals surface area contributed by atoms with Crippen LogP contribution >= 0.6 is 0 Å². The quantitative estimate of drug-likeness (QED) is 0.882. The van der Waals surface area contributed by atoms with E-state index in [0.717, 1.165) is 18.4 Å². The molecule has 0 aromatic heterocycles. The Labute approximate surface area is 98.2 Å². The largest absolute Gasteiger partial charge is 0.405 e. The second kappa shape index (κ2) is 4.56. The maximum Gasteiger partial charge on any atom is 0.405 e. The predicted octanol–water partition coefficient (Wildman–Crippen LogP) is 2.68. The Morgan fingerprint density at radius 2 is 2.00 bits per heavy atom. The van der Waals surface area contributed by atoms with Crippen LogP contribution in [0, 0.1) is 0 Å². The van der Waals surface area contributed by atoms with Crippen LogP contribution in [0.5, 0.6) is 0 Å². The third-order valence-corrected chi connectivity index (χ3v) is 2.82. The van der Waals surface area contributed by atoms with Crippen molar-refractivity contribution in [2.75, 3.05) is 11.4 Å². The van der Waals surface area contributed by atoms with E-state index in [1.165, 1.54) is 4.90 Å². The molecule has 5 heteroatoms. The van der Waals surface area contributed by atoms with Gasteiger partial charge in [-0.2, -0.15) is 13.2 Å². The van der Waals surface area contributed by atoms with Gasteiger partial charge in [0.15, 0.2) is 0 Å². The normalized spacial score (nSPS) is 16.0. The van der Waals surface area contributed by atoms with Crippen LogP contribution in [-0.2, 0) is 6.54 Å². The Morgan fingerprint density at radius 1 is 1.29 bits per heavy atom. The fraction of sp³-hybridized carbons (Fsp3) is 0.500. The second-order valence-corrected chi connectivity index (χ2v) is 4.35. The lowest BCUT2D eigenvalue weighted by atomic mass is 10.2. The number of nitrogens with zero attached hydrogens (tertiary/aromatic N) is 1. The van der Waals surface area contributed by atoms with E-state index >= 15 is 0 Å². The minimum Gasteiger partial charge on any atom is -0.360 e. The molecule has 0 heterocycles. The number of rotatable bonds is 4. The van der Waals surface area contributed by atoms with E-state index in [0.29, 0.717) is 12.2 Å². The highest BCUT2D eigenvalue weighted by atomic mass is 19.4. The summed E-state index contributed by atoms with van der Waals surface area (Å²) in [6.07, 6.45) is -2.49. The molecule has 1 saturated carbocycles. The van der Waals surface area contributed by atoms with Gasteiger partial charge in [0.2, 0.25) is 0 Å². The van der Waals surface area contributed by atoms with Crippen LogP contribution in [0.1, 0.15) is 18.4 Å². The SMILES string of the molecule is NCc1cccc(N(CC(F)(F)F)C2CC2)c1. The van der Waals surface area contributed by atoms with Crippen LogP contribution in [0.3, 0.4) is 0 Å². The molecule has 0 spiro atoms. The third kappa shape index (κ3) is 3.36. The van der Waals surface area contributed by atoms with Crippen molar-refractivity contribution in [3.8, 4) is 0 Å². The van der Waals surface area contributed by atoms with Gasteiger partial charge in [-0.1, -0.05) is 12.1 Å². The van der Waals surface area contributed by atoms with Crippen LogP contribution in [0.15, 0.2) is 24.3 Å². The van der Waals surface area contributed by atoms with Crippen LogP contribution < -0.4 is 10.6 Å². The first-order valence-electron chi connectivity index (χ1n) is 5.62. The van der Waals surface area contributed by atoms with Crippen LogP contribution in [0.4, 0.5) is 18.9 Å². The molecule has 0 amide bonds. The molecule has 0 radical (unpaired) electrons. The van der Waals surface area contributed by atoms with Crippen molar-refractivity contribution in [2.45, 2.75) is 31.6 Å². The summed E-state index contributed by atoms with van der Waals surface area (Å²) in [5.41, 5.74) is 6.97. The molecule has 0 unspecified atom stereocenters. The standard InChI is InChI=1S/C12H15F3N2/c13-12(14,15)8-17(10-4-5-10)11-3-1-2-9(6-11)7-16/h1-3,6,10H,4-5,7-8,16H2. The van der Waals surface area contributed by atoms with Crippen molar-refractivity contribution >= 4 is 5.69 Å². The molecule has 0 bridgehead atoms. The summed E-state index contributed by atoms with van der Waals surface area (Å²) in [6, 6.07) is 7.06. The highest BCUT2D eigenvalue weighted by Crippen LogP contribution is 2.34. The Balaban J connectivity index is 2.19. The average Bonchev–Trinajstić information content (AvgIpc) is 3.09. The zero-order chi connectivity index (χ0) is 12.5. The first-order valence-corrected chi connectivity index (χ1v) is 5.62. The van der Waals surface area contributed by atoms with E-state index < -0.39 is 12.7 Å². The average molecular weight is 244 g/mol. The van der Waals surface area contributed by atoms with Gasteiger partial charge in [-0.25, -0.2) is 0 Å². The number of alkyl halides is 3. The van der Waals surface area contributed by atoms with E-state index in [-0.39, 0.29) is 6.04 Å². The maximum absolute atomic E-state index is 12.5. The summed E-state index contributed by atoms with van der Waals surface area (Å²) < 4.78 is 37.5. The minimum absolute atomic E-state index is 0.0321. The van der Waals surface area contributed by atoms with Crippen molar-refractivity contribution in [3.63, 3.8) is 0 Å². The molecule has 1 aliphatic carbocycles. The number of anilines is 1. The lowest BCUT2D eigenvalue weighted by molar-refractivity contribution is -0.120. The van der Waals surface area contributed by atoms with Gasteiger partial charge in [0.1, 0.15) is 6.54 Å². The molecule has 2 N–H and O–H groups in total. The number of hydrogen-bond acceptors (Lipinski definition) is 2. The summed E-state index contributed by atoms with van der Waals surface area (Å²) >= 11 is 0. The van der Waals surface area contributed by atoms with Crippen LogP contribution in [0.2, 0.25) is 0 Å². The Morgan fingerprint density at radius 3 is 2.53 bits per heavy atom. The predicted molar refractivity (Wildman–Crippen MR) is 60.8 cm³/mol. The van der Waals surface area contributed by atoms with Gasteiger partial charge in [-0.3, -0.25) is 0 Å². The molecular formula is C12H15F3N2. The number of hydrogen-bond donors (Lipinski definition) is 1. The summed E-state index contributed by atoms with van der Waals surface area (Å²) in [5.74, 6) is 0. The third-order valence-electron chi connectivity index (χ3n) is 2.82. The van der Waals surface area contributed by atoms with Crippen LogP contribution in [-0.4, -0.2) is 18.8 Å². The minimum atomic E-state index is -4.17. The molecular weight excluding hydrogens is 229 g/mol. The zero-order valence-corrected chi connectivity index (χ0v) is 9.37. The van der Waals surface area contributed by atoms with Gasteiger partial charge in [-0.05, 0) is 30.5 Å². The number of benzene rings is 1. The number of halogens is 3. The second-order valence-electron chi connectivity index (χ2n) is 4.35. The summed E-state index contributed by atoms with van der Waals surface area (Å²) in [7, 11) is 0. The van der Waals surface area contributed by atoms with Gasteiger partial charge in [-0.15, -0.1) is 0 Å². The van der Waals surface area contributed by atoms with E-state index in [4.69, 9.17) is 5.73 Å². The zero-order valence-electron chi connectivity index (χ0n) is 9.37. The van der Waals surface area contributed by atoms with Gasteiger partial charge < -0.3 is 10.6 Å². The molecule has 0 saturated heterocycles. The molecule has 0 atom stereocenters. The van der Waals surface area contributed by atoms with Gasteiger partial charge in [0.25, 0.3) is 0 Å². The van der Waals surface area contributed by atoms with Crippen LogP contribution in [0.25, 0.3) is 0 Å². The van der Waals surface area contributed by atoms with Crippen molar-refractivity contribution in [1.29, 1.82) is 0 Å². The Kier molecular flexibility index (Phi) is 3.28. The van der Waals surface area contributed by atoms with Crippen molar-refractivity contribution < 1.29 is 13.2 Å². The van der Waals surface area contributed by atoms with E-state index in [1.54, 1.807) is 18.2 Å². The summed E-state index contributed by atoms with van der Waals surface area (Å²) in [5, 5.41) is 0. The molecule has 2 nitrogen and oxygen atoms in total. The lowest BCUT2D eigenvalue weighted by Gasteiger charge is -2.26. The Bertz CT molecular complexity index is 386. The van der Waals surface area contributed by atoms with Gasteiger partial charge >= 0.3 is 6.18 Å². The number of nitrogens with two attached hydrogens (primary N) is 1. The topological polar surface area (TPSA) is 29.3 Å².